The molecule has 2 bridgehead atoms. The number of rotatable bonds is 3. The summed E-state index contributed by atoms with van der Waals surface area (Å²) < 4.78 is 12.8. The van der Waals surface area contributed by atoms with Gasteiger partial charge < -0.3 is 24.7 Å². The van der Waals surface area contributed by atoms with Gasteiger partial charge >= 0.3 is 5.97 Å². The van der Waals surface area contributed by atoms with Crippen LogP contribution >= 0.6 is 15.9 Å². The molecule has 36 heavy (non-hydrogen) atoms. The molecule has 0 saturated carbocycles. The number of carbonyl (C=O) groups is 3. The molecule has 2 amide bonds. The van der Waals surface area contributed by atoms with Crippen molar-refractivity contribution in [3.63, 3.8) is 0 Å². The summed E-state index contributed by atoms with van der Waals surface area (Å²) >= 11 is 3.52. The summed E-state index contributed by atoms with van der Waals surface area (Å²) in [6, 6.07) is 15.0. The van der Waals surface area contributed by atoms with Gasteiger partial charge in [0.15, 0.2) is 0 Å². The smallest absolute Gasteiger partial charge is 0.341 e. The van der Waals surface area contributed by atoms with E-state index < -0.39 is 35.0 Å². The Balaban J connectivity index is 1.42. The zero-order chi connectivity index (χ0) is 24.8. The van der Waals surface area contributed by atoms with Crippen LogP contribution in [0.2, 0.25) is 0 Å². The van der Waals surface area contributed by atoms with Crippen LogP contribution in [0.3, 0.4) is 0 Å². The monoisotopic (exact) mass is 547 g/mol. The summed E-state index contributed by atoms with van der Waals surface area (Å²) in [5.41, 5.74) is 0.113. The van der Waals surface area contributed by atoms with Gasteiger partial charge in [0.05, 0.1) is 30.7 Å². The number of benzene rings is 2. The molecule has 2 N–H and O–H groups in total. The number of amides is 2. The number of methoxy groups -OCH3 is 1. The molecule has 1 spiro atoms. The van der Waals surface area contributed by atoms with Crippen molar-refractivity contribution in [2.24, 2.45) is 11.8 Å². The van der Waals surface area contributed by atoms with Crippen molar-refractivity contribution in [2.45, 2.75) is 23.7 Å². The number of para-hydroxylation sites is 1. The van der Waals surface area contributed by atoms with E-state index in [1.54, 1.807) is 29.2 Å². The van der Waals surface area contributed by atoms with Crippen LogP contribution in [-0.2, 0) is 35.8 Å². The summed E-state index contributed by atoms with van der Waals surface area (Å²) in [5, 5.41) is 3.91. The Hall–Kier alpha value is -3.43. The normalized spacial score (nSPS) is 31.3. The number of fused-ring (bicyclic) bond motifs is 6. The number of aromatic nitrogens is 1. The van der Waals surface area contributed by atoms with Gasteiger partial charge in [0, 0.05) is 27.6 Å². The fourth-order valence-corrected chi connectivity index (χ4v) is 7.24. The van der Waals surface area contributed by atoms with Gasteiger partial charge in [0.1, 0.15) is 5.60 Å². The number of hydrogen-bond acceptors (Lipinski definition) is 5. The molecule has 182 valence electrons. The number of esters is 1. The second kappa shape index (κ2) is 7.30. The second-order valence-electron chi connectivity index (χ2n) is 9.70. The molecule has 2 saturated heterocycles. The molecule has 0 aliphatic carbocycles. The first-order valence-electron chi connectivity index (χ1n) is 11.9. The van der Waals surface area contributed by atoms with Crippen molar-refractivity contribution >= 4 is 50.3 Å². The van der Waals surface area contributed by atoms with Gasteiger partial charge in [-0.05, 0) is 42.3 Å². The molecule has 0 radical (unpaired) electrons. The van der Waals surface area contributed by atoms with Gasteiger partial charge in [-0.2, -0.15) is 0 Å². The minimum Gasteiger partial charge on any atom is -0.467 e. The quantitative estimate of drug-likeness (QED) is 0.387. The van der Waals surface area contributed by atoms with Crippen LogP contribution in [0.1, 0.15) is 11.3 Å². The molecule has 8 nitrogen and oxygen atoms in total. The maximum absolute atomic E-state index is 14.1. The number of halogens is 1. The Kier molecular flexibility index (Phi) is 4.43. The molecule has 2 fully saturated rings. The third kappa shape index (κ3) is 2.44. The molecular formula is C27H22BrN3O5. The Labute approximate surface area is 214 Å². The lowest BCUT2D eigenvalue weighted by atomic mass is 9.66. The van der Waals surface area contributed by atoms with Crippen LogP contribution in [0.5, 0.6) is 0 Å². The molecule has 7 rings (SSSR count). The largest absolute Gasteiger partial charge is 0.467 e. The minimum absolute atomic E-state index is 0.272. The molecule has 0 unspecified atom stereocenters. The first kappa shape index (κ1) is 21.8. The third-order valence-corrected chi connectivity index (χ3v) is 8.68. The molecule has 5 atom stereocenters. The number of anilines is 1. The van der Waals surface area contributed by atoms with Crippen molar-refractivity contribution in [3.8, 4) is 0 Å². The highest BCUT2D eigenvalue weighted by Gasteiger charge is 2.82. The van der Waals surface area contributed by atoms with Gasteiger partial charge in [-0.3, -0.25) is 9.59 Å². The Morgan fingerprint density at radius 2 is 2.03 bits per heavy atom. The number of ether oxygens (including phenoxy) is 2. The Bertz CT molecular complexity index is 1500. The van der Waals surface area contributed by atoms with Crippen LogP contribution in [0.25, 0.3) is 10.9 Å². The summed E-state index contributed by atoms with van der Waals surface area (Å²) in [6.45, 7) is 0.317. The van der Waals surface area contributed by atoms with Crippen molar-refractivity contribution in [1.29, 1.82) is 0 Å². The lowest BCUT2D eigenvalue weighted by molar-refractivity contribution is -0.172. The highest BCUT2D eigenvalue weighted by Crippen LogP contribution is 2.64. The number of hydrogen-bond donors (Lipinski definition) is 2. The van der Waals surface area contributed by atoms with E-state index in [0.717, 1.165) is 20.9 Å². The Morgan fingerprint density at radius 1 is 1.22 bits per heavy atom. The number of carbonyl (C=O) groups excluding carboxylic acids is 3. The van der Waals surface area contributed by atoms with E-state index in [0.29, 0.717) is 24.3 Å². The van der Waals surface area contributed by atoms with Gasteiger partial charge in [0.2, 0.25) is 17.4 Å². The Morgan fingerprint density at radius 3 is 2.81 bits per heavy atom. The lowest BCUT2D eigenvalue weighted by Gasteiger charge is -2.46. The topological polar surface area (TPSA) is 101 Å². The van der Waals surface area contributed by atoms with Crippen LogP contribution in [0.15, 0.2) is 65.2 Å². The van der Waals surface area contributed by atoms with Crippen LogP contribution in [-0.4, -0.2) is 53.0 Å². The number of nitrogens with one attached hydrogen (secondary N) is 2. The van der Waals surface area contributed by atoms with E-state index in [2.05, 4.69) is 26.2 Å². The van der Waals surface area contributed by atoms with Crippen LogP contribution < -0.4 is 5.32 Å². The van der Waals surface area contributed by atoms with E-state index in [4.69, 9.17) is 9.47 Å². The van der Waals surface area contributed by atoms with Crippen LogP contribution in [0, 0.1) is 11.8 Å². The van der Waals surface area contributed by atoms with Gasteiger partial charge in [-0.15, -0.1) is 0 Å². The highest BCUT2D eigenvalue weighted by atomic mass is 79.9. The predicted octanol–water partition coefficient (Wildman–Crippen LogP) is 3.28. The average molecular weight is 548 g/mol. The molecule has 4 aliphatic rings. The number of nitrogens with zero attached hydrogens (tertiary/aromatic N) is 1. The highest BCUT2D eigenvalue weighted by molar-refractivity contribution is 9.10. The van der Waals surface area contributed by atoms with Crippen molar-refractivity contribution < 1.29 is 23.9 Å². The van der Waals surface area contributed by atoms with E-state index in [-0.39, 0.29) is 11.8 Å². The van der Waals surface area contributed by atoms with Gasteiger partial charge in [-0.25, -0.2) is 4.79 Å². The van der Waals surface area contributed by atoms with E-state index >= 15 is 0 Å². The first-order valence-corrected chi connectivity index (χ1v) is 12.7. The standard InChI is InChI=1S/C27H22BrN3O5/c1-35-25(34)27-22-17(16-8-7-14(28)13-18(16)30-22)10-12-31(27)24(33)21-20(19-9-11-26(21,27)36-19)23(32)29-15-5-3-2-4-6-15/h2-9,11,13,19-21,30H,10,12H2,1H3,(H,29,32)/t19-,20-,21+,26+,27-/m0/s1. The zero-order valence-corrected chi connectivity index (χ0v) is 20.9. The molecule has 9 heteroatoms. The summed E-state index contributed by atoms with van der Waals surface area (Å²) in [6.07, 6.45) is 3.55. The van der Waals surface area contributed by atoms with E-state index in [9.17, 15) is 14.4 Å². The lowest BCUT2D eigenvalue weighted by Crippen LogP contribution is -2.63. The molecule has 3 aromatic rings. The van der Waals surface area contributed by atoms with Crippen molar-refractivity contribution in [3.05, 3.63) is 76.4 Å². The van der Waals surface area contributed by atoms with E-state index in [1.807, 2.05) is 36.4 Å². The maximum Gasteiger partial charge on any atom is 0.341 e. The van der Waals surface area contributed by atoms with Crippen molar-refractivity contribution in [2.75, 3.05) is 19.0 Å². The van der Waals surface area contributed by atoms with E-state index in [1.165, 1.54) is 7.11 Å². The van der Waals surface area contributed by atoms with Gasteiger partial charge in [0.25, 0.3) is 0 Å². The summed E-state index contributed by atoms with van der Waals surface area (Å²) in [4.78, 5) is 46.5. The number of H-pyrrole nitrogens is 1. The molecular weight excluding hydrogens is 526 g/mol. The maximum atomic E-state index is 14.1. The van der Waals surface area contributed by atoms with Crippen LogP contribution in [0.4, 0.5) is 5.69 Å². The minimum atomic E-state index is -1.56. The third-order valence-electron chi connectivity index (χ3n) is 8.18. The van der Waals surface area contributed by atoms with Gasteiger partial charge in [-0.1, -0.05) is 46.3 Å². The fraction of sp³-hybridized carbons (Fsp3) is 0.296. The number of aromatic amines is 1. The second-order valence-corrected chi connectivity index (χ2v) is 10.6. The zero-order valence-electron chi connectivity index (χ0n) is 19.3. The first-order chi connectivity index (χ1) is 17.4. The summed E-state index contributed by atoms with van der Waals surface area (Å²) in [7, 11) is 1.32. The average Bonchev–Trinajstić information content (AvgIpc) is 3.61. The SMILES string of the molecule is COC(=O)[C@]12c3[nH]c4cc(Br)ccc4c3CCN1C(=O)[C@H]1[C@@H](C(=O)Nc3ccccc3)[C@@H]3C=C[C@@]12O3. The van der Waals surface area contributed by atoms with Crippen molar-refractivity contribution in [1.82, 2.24) is 9.88 Å². The summed E-state index contributed by atoms with van der Waals surface area (Å²) in [5.74, 6) is -2.81. The molecule has 5 heterocycles. The molecule has 2 aromatic carbocycles. The molecule has 1 aromatic heterocycles. The predicted molar refractivity (Wildman–Crippen MR) is 134 cm³/mol. The molecule has 4 aliphatic heterocycles. The fourth-order valence-electron chi connectivity index (χ4n) is 6.88.